The maximum atomic E-state index is 13.0. The number of benzene rings is 1. The molecule has 0 unspecified atom stereocenters. The minimum Gasteiger partial charge on any atom is -0.349 e. The molecule has 158 valence electrons. The molecule has 0 aliphatic carbocycles. The van der Waals surface area contributed by atoms with Gasteiger partial charge in [-0.25, -0.2) is 14.6 Å². The molecule has 1 aliphatic heterocycles. The van der Waals surface area contributed by atoms with E-state index in [1.54, 1.807) is 12.5 Å². The van der Waals surface area contributed by atoms with Crippen LogP contribution in [-0.2, 0) is 13.0 Å². The Morgan fingerprint density at radius 2 is 1.87 bits per heavy atom. The summed E-state index contributed by atoms with van der Waals surface area (Å²) < 4.78 is 6.82. The van der Waals surface area contributed by atoms with Crippen LogP contribution in [0.1, 0.15) is 21.6 Å². The van der Waals surface area contributed by atoms with E-state index in [0.717, 1.165) is 35.6 Å². The van der Waals surface area contributed by atoms with Crippen molar-refractivity contribution in [3.8, 4) is 0 Å². The molecule has 1 aliphatic rings. The van der Waals surface area contributed by atoms with Gasteiger partial charge in [0, 0.05) is 38.9 Å². The number of aryl methyl sites for hydroxylation is 3. The van der Waals surface area contributed by atoms with Crippen LogP contribution in [0.2, 0.25) is 0 Å². The van der Waals surface area contributed by atoms with E-state index in [-0.39, 0.29) is 5.91 Å². The fourth-order valence-corrected chi connectivity index (χ4v) is 3.94. The van der Waals surface area contributed by atoms with Crippen LogP contribution in [0, 0.1) is 6.92 Å². The lowest BCUT2D eigenvalue weighted by molar-refractivity contribution is 0.0746. The molecule has 4 aromatic rings. The van der Waals surface area contributed by atoms with E-state index < -0.39 is 0 Å². The second-order valence-electron chi connectivity index (χ2n) is 7.69. The van der Waals surface area contributed by atoms with Crippen molar-refractivity contribution < 1.29 is 9.42 Å². The maximum Gasteiger partial charge on any atom is 0.255 e. The smallest absolute Gasteiger partial charge is 0.255 e. The van der Waals surface area contributed by atoms with Crippen LogP contribution >= 0.6 is 0 Å². The Bertz CT molecular complexity index is 1190. The molecule has 31 heavy (non-hydrogen) atoms. The number of imidazole rings is 1. The number of hydrogen-bond acceptors (Lipinski definition) is 7. The highest BCUT2D eigenvalue weighted by Gasteiger charge is 2.25. The van der Waals surface area contributed by atoms with Crippen LogP contribution < -0.4 is 4.90 Å². The molecule has 0 bridgehead atoms. The fraction of sp³-hybridized carbons (Fsp3) is 0.318. The molecule has 0 saturated carbocycles. The Kier molecular flexibility index (Phi) is 5.07. The molecule has 1 fully saturated rings. The van der Waals surface area contributed by atoms with E-state index in [9.17, 15) is 4.79 Å². The van der Waals surface area contributed by atoms with E-state index in [2.05, 4.69) is 37.3 Å². The number of nitrogens with zero attached hydrogens (tertiary/aromatic N) is 7. The molecule has 0 spiro atoms. The number of carbonyl (C=O) groups excluding carboxylic acids is 1. The molecule has 1 saturated heterocycles. The van der Waals surface area contributed by atoms with Gasteiger partial charge in [-0.05, 0) is 30.1 Å². The first kappa shape index (κ1) is 19.2. The Morgan fingerprint density at radius 1 is 1.06 bits per heavy atom. The first-order chi connectivity index (χ1) is 15.2. The zero-order chi connectivity index (χ0) is 21.2. The second kappa shape index (κ2) is 8.17. The van der Waals surface area contributed by atoms with Crippen molar-refractivity contribution in [1.29, 1.82) is 0 Å². The van der Waals surface area contributed by atoms with Gasteiger partial charge in [-0.1, -0.05) is 35.5 Å². The first-order valence-corrected chi connectivity index (χ1v) is 10.4. The van der Waals surface area contributed by atoms with Gasteiger partial charge in [0.1, 0.15) is 11.2 Å². The van der Waals surface area contributed by atoms with E-state index in [1.165, 1.54) is 5.56 Å². The molecule has 1 aromatic carbocycles. The van der Waals surface area contributed by atoms with Crippen LogP contribution in [0.5, 0.6) is 0 Å². The lowest BCUT2D eigenvalue weighted by atomic mass is 10.1. The number of hydrogen-bond donors (Lipinski definition) is 0. The number of rotatable bonds is 5. The van der Waals surface area contributed by atoms with Crippen LogP contribution in [0.4, 0.5) is 5.82 Å². The first-order valence-electron chi connectivity index (χ1n) is 10.4. The number of fused-ring (bicyclic) bond motifs is 1. The summed E-state index contributed by atoms with van der Waals surface area (Å²) >= 11 is 0. The number of carbonyl (C=O) groups is 1. The van der Waals surface area contributed by atoms with E-state index >= 15 is 0 Å². The van der Waals surface area contributed by atoms with Gasteiger partial charge in [-0.3, -0.25) is 4.79 Å². The molecule has 1 amide bonds. The van der Waals surface area contributed by atoms with Crippen LogP contribution in [0.3, 0.4) is 0 Å². The highest BCUT2D eigenvalue weighted by molar-refractivity contribution is 5.96. The van der Waals surface area contributed by atoms with Crippen LogP contribution in [-0.4, -0.2) is 61.8 Å². The molecule has 4 heterocycles. The summed E-state index contributed by atoms with van der Waals surface area (Å²) in [4.78, 5) is 26.0. The predicted molar refractivity (Wildman–Crippen MR) is 115 cm³/mol. The summed E-state index contributed by atoms with van der Waals surface area (Å²) in [6.45, 7) is 5.24. The highest BCUT2D eigenvalue weighted by Crippen LogP contribution is 2.19. The SMILES string of the molecule is Cc1nonc1N1CCN(C(=O)c2cnc3c(c2)ncn3CCc2ccccc2)CC1. The summed E-state index contributed by atoms with van der Waals surface area (Å²) in [5.74, 6) is 0.721. The number of anilines is 1. The van der Waals surface area contributed by atoms with Crippen molar-refractivity contribution in [3.63, 3.8) is 0 Å². The molecule has 0 radical (unpaired) electrons. The van der Waals surface area contributed by atoms with E-state index in [1.807, 2.05) is 40.7 Å². The molecular formula is C22H23N7O2. The largest absolute Gasteiger partial charge is 0.349 e. The second-order valence-corrected chi connectivity index (χ2v) is 7.69. The van der Waals surface area contributed by atoms with Crippen molar-refractivity contribution in [3.05, 3.63) is 65.7 Å². The van der Waals surface area contributed by atoms with Gasteiger partial charge < -0.3 is 14.4 Å². The van der Waals surface area contributed by atoms with E-state index in [0.29, 0.717) is 31.7 Å². The average molecular weight is 417 g/mol. The Morgan fingerprint density at radius 3 is 2.61 bits per heavy atom. The zero-order valence-corrected chi connectivity index (χ0v) is 17.3. The lowest BCUT2D eigenvalue weighted by Crippen LogP contribution is -2.49. The number of amides is 1. The van der Waals surface area contributed by atoms with Gasteiger partial charge in [0.2, 0.25) is 0 Å². The predicted octanol–water partition coefficient (Wildman–Crippen LogP) is 2.33. The Balaban J connectivity index is 1.25. The summed E-state index contributed by atoms with van der Waals surface area (Å²) in [7, 11) is 0. The van der Waals surface area contributed by atoms with Crippen molar-refractivity contribution in [2.75, 3.05) is 31.1 Å². The quantitative estimate of drug-likeness (QED) is 0.492. The molecule has 0 N–H and O–H groups in total. The Hall–Kier alpha value is -3.75. The fourth-order valence-electron chi connectivity index (χ4n) is 3.94. The average Bonchev–Trinajstić information content (AvgIpc) is 3.43. The molecule has 3 aromatic heterocycles. The summed E-state index contributed by atoms with van der Waals surface area (Å²) in [5.41, 5.74) is 4.13. The standard InChI is InChI=1S/C22H23N7O2/c1-16-20(26-31-25-16)27-9-11-28(12-10-27)22(30)18-13-19-21(23-14-18)29(15-24-19)8-7-17-5-3-2-4-6-17/h2-6,13-15H,7-12H2,1H3. The third kappa shape index (κ3) is 3.86. The van der Waals surface area contributed by atoms with Gasteiger partial charge in [0.15, 0.2) is 11.5 Å². The zero-order valence-electron chi connectivity index (χ0n) is 17.3. The normalized spacial score (nSPS) is 14.4. The summed E-state index contributed by atoms with van der Waals surface area (Å²) in [6, 6.07) is 12.2. The van der Waals surface area contributed by atoms with Crippen molar-refractivity contribution in [2.45, 2.75) is 19.9 Å². The summed E-state index contributed by atoms with van der Waals surface area (Å²) in [5, 5.41) is 7.78. The van der Waals surface area contributed by atoms with Crippen LogP contribution in [0.15, 0.2) is 53.6 Å². The third-order valence-electron chi connectivity index (χ3n) is 5.68. The lowest BCUT2D eigenvalue weighted by Gasteiger charge is -2.34. The van der Waals surface area contributed by atoms with Crippen molar-refractivity contribution in [2.24, 2.45) is 0 Å². The molecule has 0 atom stereocenters. The van der Waals surface area contributed by atoms with E-state index in [4.69, 9.17) is 4.63 Å². The topological polar surface area (TPSA) is 93.2 Å². The van der Waals surface area contributed by atoms with Gasteiger partial charge in [-0.15, -0.1) is 0 Å². The number of aromatic nitrogens is 5. The van der Waals surface area contributed by atoms with Gasteiger partial charge in [0.25, 0.3) is 5.91 Å². The monoisotopic (exact) mass is 417 g/mol. The van der Waals surface area contributed by atoms with Gasteiger partial charge in [-0.2, -0.15) is 0 Å². The maximum absolute atomic E-state index is 13.0. The van der Waals surface area contributed by atoms with Crippen molar-refractivity contribution in [1.82, 2.24) is 29.7 Å². The molecule has 9 nitrogen and oxygen atoms in total. The number of pyridine rings is 1. The van der Waals surface area contributed by atoms with Gasteiger partial charge >= 0.3 is 0 Å². The molecule has 5 rings (SSSR count). The van der Waals surface area contributed by atoms with Crippen LogP contribution in [0.25, 0.3) is 11.2 Å². The minimum absolute atomic E-state index is 0.0251. The number of piperazine rings is 1. The minimum atomic E-state index is -0.0251. The Labute approximate surface area is 179 Å². The third-order valence-corrected chi connectivity index (χ3v) is 5.68. The molecular weight excluding hydrogens is 394 g/mol. The summed E-state index contributed by atoms with van der Waals surface area (Å²) in [6.07, 6.45) is 4.35. The molecule has 9 heteroatoms. The highest BCUT2D eigenvalue weighted by atomic mass is 16.6. The van der Waals surface area contributed by atoms with Crippen molar-refractivity contribution >= 4 is 22.9 Å². The van der Waals surface area contributed by atoms with Gasteiger partial charge in [0.05, 0.1) is 11.9 Å².